The average molecular weight is 364 g/mol. The molecule has 5 heteroatoms. The number of benzene rings is 1. The highest BCUT2D eigenvalue weighted by Crippen LogP contribution is 2.34. The number of likely N-dealkylation sites (tertiary alicyclic amines) is 1. The standard InChI is InChI=1S/C17H22BrN3O/c1-20-17(15(18)13-19-20)14-7-3-4-8-16(14)22-12-11-21-9-5-2-6-10-21/h3-4,7-8,13H,2,5-6,9-12H2,1H3. The zero-order valence-corrected chi connectivity index (χ0v) is 14.6. The number of hydrogen-bond donors (Lipinski definition) is 0. The lowest BCUT2D eigenvalue weighted by atomic mass is 10.1. The van der Waals surface area contributed by atoms with Crippen molar-refractivity contribution in [2.24, 2.45) is 7.05 Å². The van der Waals surface area contributed by atoms with Crippen molar-refractivity contribution in [1.82, 2.24) is 14.7 Å². The van der Waals surface area contributed by atoms with Crippen molar-refractivity contribution < 1.29 is 4.74 Å². The zero-order valence-electron chi connectivity index (χ0n) is 13.0. The van der Waals surface area contributed by atoms with Crippen LogP contribution in [0.25, 0.3) is 11.3 Å². The van der Waals surface area contributed by atoms with E-state index < -0.39 is 0 Å². The molecule has 0 amide bonds. The van der Waals surface area contributed by atoms with Crippen LogP contribution in [-0.4, -0.2) is 40.9 Å². The van der Waals surface area contributed by atoms with Gasteiger partial charge in [0.25, 0.3) is 0 Å². The van der Waals surface area contributed by atoms with Crippen molar-refractivity contribution >= 4 is 15.9 Å². The normalized spacial score (nSPS) is 15.9. The lowest BCUT2D eigenvalue weighted by molar-refractivity contribution is 0.183. The molecule has 118 valence electrons. The van der Waals surface area contributed by atoms with Crippen LogP contribution in [0.5, 0.6) is 5.75 Å². The topological polar surface area (TPSA) is 30.3 Å². The van der Waals surface area contributed by atoms with Crippen LogP contribution >= 0.6 is 15.9 Å². The van der Waals surface area contributed by atoms with Crippen LogP contribution in [0.3, 0.4) is 0 Å². The maximum absolute atomic E-state index is 6.07. The molecular formula is C17H22BrN3O. The van der Waals surface area contributed by atoms with E-state index in [1.807, 2.05) is 36.1 Å². The number of para-hydroxylation sites is 1. The molecule has 0 radical (unpaired) electrons. The number of halogens is 1. The third-order valence-corrected chi connectivity index (χ3v) is 4.73. The molecule has 1 aromatic carbocycles. The second kappa shape index (κ2) is 7.29. The molecule has 0 bridgehead atoms. The summed E-state index contributed by atoms with van der Waals surface area (Å²) in [5.41, 5.74) is 2.13. The number of aryl methyl sites for hydroxylation is 1. The number of nitrogens with zero attached hydrogens (tertiary/aromatic N) is 3. The van der Waals surface area contributed by atoms with Gasteiger partial charge in [0.2, 0.25) is 0 Å². The zero-order chi connectivity index (χ0) is 15.4. The van der Waals surface area contributed by atoms with Crippen LogP contribution < -0.4 is 4.74 Å². The van der Waals surface area contributed by atoms with Crippen molar-refractivity contribution in [2.75, 3.05) is 26.2 Å². The Hall–Kier alpha value is -1.33. The molecule has 1 aromatic heterocycles. The van der Waals surface area contributed by atoms with E-state index in [2.05, 4.69) is 32.0 Å². The summed E-state index contributed by atoms with van der Waals surface area (Å²) in [6.07, 6.45) is 5.83. The van der Waals surface area contributed by atoms with Gasteiger partial charge in [0.15, 0.2) is 0 Å². The Morgan fingerprint density at radius 2 is 1.95 bits per heavy atom. The molecule has 1 aliphatic rings. The van der Waals surface area contributed by atoms with Crippen LogP contribution in [0.4, 0.5) is 0 Å². The number of ether oxygens (including phenoxy) is 1. The summed E-state index contributed by atoms with van der Waals surface area (Å²) in [5.74, 6) is 0.920. The molecule has 0 aliphatic carbocycles. The van der Waals surface area contributed by atoms with Crippen molar-refractivity contribution in [1.29, 1.82) is 0 Å². The summed E-state index contributed by atoms with van der Waals surface area (Å²) in [5, 5.41) is 4.29. The smallest absolute Gasteiger partial charge is 0.128 e. The Morgan fingerprint density at radius 3 is 2.68 bits per heavy atom. The Morgan fingerprint density at radius 1 is 1.18 bits per heavy atom. The van der Waals surface area contributed by atoms with Crippen LogP contribution in [0.1, 0.15) is 19.3 Å². The van der Waals surface area contributed by atoms with Gasteiger partial charge in [0.1, 0.15) is 12.4 Å². The summed E-state index contributed by atoms with van der Waals surface area (Å²) in [6, 6.07) is 8.17. The molecule has 0 spiro atoms. The molecule has 22 heavy (non-hydrogen) atoms. The van der Waals surface area contributed by atoms with E-state index >= 15 is 0 Å². The predicted octanol–water partition coefficient (Wildman–Crippen LogP) is 3.71. The predicted molar refractivity (Wildman–Crippen MR) is 92.1 cm³/mol. The minimum absolute atomic E-state index is 0.729. The quantitative estimate of drug-likeness (QED) is 0.810. The first kappa shape index (κ1) is 15.6. The Bertz CT molecular complexity index is 601. The van der Waals surface area contributed by atoms with Gasteiger partial charge in [-0.15, -0.1) is 0 Å². The van der Waals surface area contributed by atoms with Crippen LogP contribution in [0.2, 0.25) is 0 Å². The lowest BCUT2D eigenvalue weighted by Crippen LogP contribution is -2.33. The number of hydrogen-bond acceptors (Lipinski definition) is 3. The first-order valence-electron chi connectivity index (χ1n) is 7.88. The van der Waals surface area contributed by atoms with E-state index in [4.69, 9.17) is 4.74 Å². The van der Waals surface area contributed by atoms with Crippen LogP contribution in [-0.2, 0) is 7.05 Å². The third kappa shape index (κ3) is 3.52. The number of rotatable bonds is 5. The van der Waals surface area contributed by atoms with E-state index in [9.17, 15) is 0 Å². The van der Waals surface area contributed by atoms with Gasteiger partial charge in [0.05, 0.1) is 16.4 Å². The number of piperidine rings is 1. The lowest BCUT2D eigenvalue weighted by Gasteiger charge is -2.26. The molecule has 0 N–H and O–H groups in total. The first-order chi connectivity index (χ1) is 10.8. The van der Waals surface area contributed by atoms with Crippen molar-refractivity contribution in [3.05, 3.63) is 34.9 Å². The molecule has 4 nitrogen and oxygen atoms in total. The Labute approximate surface area is 140 Å². The molecular weight excluding hydrogens is 342 g/mol. The maximum Gasteiger partial charge on any atom is 0.128 e. The van der Waals surface area contributed by atoms with E-state index in [0.717, 1.165) is 34.6 Å². The van der Waals surface area contributed by atoms with Gasteiger partial charge in [-0.05, 0) is 54.0 Å². The van der Waals surface area contributed by atoms with Gasteiger partial charge < -0.3 is 4.74 Å². The van der Waals surface area contributed by atoms with Crippen molar-refractivity contribution in [3.63, 3.8) is 0 Å². The summed E-state index contributed by atoms with van der Waals surface area (Å²) in [4.78, 5) is 2.49. The fourth-order valence-corrected chi connectivity index (χ4v) is 3.53. The molecule has 1 saturated heterocycles. The third-order valence-electron chi connectivity index (χ3n) is 4.15. The van der Waals surface area contributed by atoms with E-state index in [1.165, 1.54) is 32.4 Å². The monoisotopic (exact) mass is 363 g/mol. The van der Waals surface area contributed by atoms with Gasteiger partial charge in [-0.25, -0.2) is 0 Å². The molecule has 2 aromatic rings. The van der Waals surface area contributed by atoms with Crippen molar-refractivity contribution in [3.8, 4) is 17.0 Å². The Balaban J connectivity index is 1.69. The minimum atomic E-state index is 0.729. The molecule has 0 saturated carbocycles. The van der Waals surface area contributed by atoms with Gasteiger partial charge in [-0.3, -0.25) is 9.58 Å². The second-order valence-corrected chi connectivity index (χ2v) is 6.57. The van der Waals surface area contributed by atoms with Crippen LogP contribution in [0, 0.1) is 0 Å². The fraction of sp³-hybridized carbons (Fsp3) is 0.471. The second-order valence-electron chi connectivity index (χ2n) is 5.71. The first-order valence-corrected chi connectivity index (χ1v) is 8.67. The minimum Gasteiger partial charge on any atom is -0.492 e. The SMILES string of the molecule is Cn1ncc(Br)c1-c1ccccc1OCCN1CCCCC1. The molecule has 3 rings (SSSR count). The number of aromatic nitrogens is 2. The van der Waals surface area contributed by atoms with E-state index in [0.29, 0.717) is 0 Å². The molecule has 0 atom stereocenters. The highest BCUT2D eigenvalue weighted by atomic mass is 79.9. The summed E-state index contributed by atoms with van der Waals surface area (Å²) in [6.45, 7) is 4.14. The van der Waals surface area contributed by atoms with Crippen molar-refractivity contribution in [2.45, 2.75) is 19.3 Å². The largest absolute Gasteiger partial charge is 0.492 e. The Kier molecular flexibility index (Phi) is 5.16. The summed E-state index contributed by atoms with van der Waals surface area (Å²) >= 11 is 3.57. The fourth-order valence-electron chi connectivity index (χ4n) is 2.97. The maximum atomic E-state index is 6.07. The molecule has 2 heterocycles. The molecule has 1 aliphatic heterocycles. The average Bonchev–Trinajstić information content (AvgIpc) is 2.88. The van der Waals surface area contributed by atoms with Gasteiger partial charge in [-0.2, -0.15) is 5.10 Å². The molecule has 0 unspecified atom stereocenters. The highest BCUT2D eigenvalue weighted by Gasteiger charge is 2.14. The van der Waals surface area contributed by atoms with Gasteiger partial charge in [-0.1, -0.05) is 18.6 Å². The van der Waals surface area contributed by atoms with E-state index in [-0.39, 0.29) is 0 Å². The highest BCUT2D eigenvalue weighted by molar-refractivity contribution is 9.10. The van der Waals surface area contributed by atoms with Gasteiger partial charge in [0, 0.05) is 19.2 Å². The van der Waals surface area contributed by atoms with E-state index in [1.54, 1.807) is 0 Å². The van der Waals surface area contributed by atoms with Gasteiger partial charge >= 0.3 is 0 Å². The van der Waals surface area contributed by atoms with Crippen LogP contribution in [0.15, 0.2) is 34.9 Å². The summed E-state index contributed by atoms with van der Waals surface area (Å²) < 4.78 is 8.93. The summed E-state index contributed by atoms with van der Waals surface area (Å²) in [7, 11) is 1.95. The molecule has 1 fully saturated rings.